The first-order chi connectivity index (χ1) is 9.60. The smallest absolute Gasteiger partial charge is 0.258 e. The summed E-state index contributed by atoms with van der Waals surface area (Å²) < 4.78 is 0. The lowest BCUT2D eigenvalue weighted by atomic mass is 10.3. The molecule has 0 unspecified atom stereocenters. The lowest BCUT2D eigenvalue weighted by Gasteiger charge is -2.03. The van der Waals surface area contributed by atoms with Gasteiger partial charge in [-0.25, -0.2) is 4.98 Å². The Morgan fingerprint density at radius 2 is 2.20 bits per heavy atom. The number of amides is 1. The van der Waals surface area contributed by atoms with Crippen molar-refractivity contribution in [2.75, 3.05) is 11.9 Å². The van der Waals surface area contributed by atoms with Crippen LogP contribution in [0.25, 0.3) is 0 Å². The average Bonchev–Trinajstić information content (AvgIpc) is 2.89. The molecule has 20 heavy (non-hydrogen) atoms. The highest BCUT2D eigenvalue weighted by Gasteiger charge is 2.11. The minimum atomic E-state index is -0.316. The number of nitrogens with one attached hydrogen (secondary N) is 1. The molecule has 0 spiro atoms. The molecule has 2 heterocycles. The third-order valence-corrected chi connectivity index (χ3v) is 3.32. The van der Waals surface area contributed by atoms with Gasteiger partial charge >= 0.3 is 0 Å². The standard InChI is InChI=1S/C13H12N4O2S/c1-8-9(2)16-17-13(14-8)15-12(19)10-6-11(20-7-10)4-3-5-18/h6-7,18H,5H2,1-2H3,(H,14,15,17,19). The summed E-state index contributed by atoms with van der Waals surface area (Å²) in [4.78, 5) is 16.8. The van der Waals surface area contributed by atoms with Crippen molar-refractivity contribution in [3.63, 3.8) is 0 Å². The second-order valence-electron chi connectivity index (χ2n) is 3.92. The maximum Gasteiger partial charge on any atom is 0.258 e. The number of aromatic nitrogens is 3. The first-order valence-corrected chi connectivity index (χ1v) is 6.65. The minimum absolute atomic E-state index is 0.173. The van der Waals surface area contributed by atoms with Crippen LogP contribution in [0.2, 0.25) is 0 Å². The first kappa shape index (κ1) is 14.1. The quantitative estimate of drug-likeness (QED) is 0.809. The number of carbonyl (C=O) groups excluding carboxylic acids is 1. The van der Waals surface area contributed by atoms with Gasteiger partial charge in [0.05, 0.1) is 21.8 Å². The van der Waals surface area contributed by atoms with Crippen LogP contribution in [-0.2, 0) is 0 Å². The Hall–Kier alpha value is -2.30. The Morgan fingerprint density at radius 1 is 1.40 bits per heavy atom. The molecule has 0 radical (unpaired) electrons. The van der Waals surface area contributed by atoms with E-state index in [4.69, 9.17) is 5.11 Å². The van der Waals surface area contributed by atoms with Gasteiger partial charge in [-0.1, -0.05) is 11.8 Å². The molecule has 2 rings (SSSR count). The third-order valence-electron chi connectivity index (χ3n) is 2.47. The van der Waals surface area contributed by atoms with E-state index in [9.17, 15) is 4.79 Å². The lowest BCUT2D eigenvalue weighted by molar-refractivity contribution is 0.102. The third kappa shape index (κ3) is 3.38. The molecule has 0 aliphatic rings. The maximum absolute atomic E-state index is 12.0. The molecule has 0 atom stereocenters. The fraction of sp³-hybridized carbons (Fsp3) is 0.231. The summed E-state index contributed by atoms with van der Waals surface area (Å²) >= 11 is 1.33. The zero-order chi connectivity index (χ0) is 14.5. The number of hydrogen-bond donors (Lipinski definition) is 2. The zero-order valence-electron chi connectivity index (χ0n) is 11.0. The van der Waals surface area contributed by atoms with E-state index in [1.807, 2.05) is 0 Å². The van der Waals surface area contributed by atoms with Gasteiger partial charge in [-0.3, -0.25) is 10.1 Å². The average molecular weight is 288 g/mol. The van der Waals surface area contributed by atoms with Crippen LogP contribution in [0.15, 0.2) is 11.4 Å². The molecule has 0 aliphatic heterocycles. The van der Waals surface area contributed by atoms with Crippen LogP contribution in [-0.4, -0.2) is 32.8 Å². The largest absolute Gasteiger partial charge is 0.384 e. The molecule has 0 saturated heterocycles. The normalized spacial score (nSPS) is 9.75. The molecule has 0 bridgehead atoms. The van der Waals surface area contributed by atoms with Crippen LogP contribution in [0.4, 0.5) is 5.95 Å². The topological polar surface area (TPSA) is 88.0 Å². The molecule has 2 aromatic heterocycles. The van der Waals surface area contributed by atoms with Gasteiger partial charge < -0.3 is 5.11 Å². The predicted octanol–water partition coefficient (Wildman–Crippen LogP) is 1.15. The number of thiophene rings is 1. The highest BCUT2D eigenvalue weighted by atomic mass is 32.1. The van der Waals surface area contributed by atoms with E-state index in [2.05, 4.69) is 32.3 Å². The van der Waals surface area contributed by atoms with E-state index in [0.29, 0.717) is 10.4 Å². The van der Waals surface area contributed by atoms with Crippen molar-refractivity contribution in [2.24, 2.45) is 0 Å². The Kier molecular flexibility index (Phi) is 4.40. The highest BCUT2D eigenvalue weighted by molar-refractivity contribution is 7.10. The fourth-order valence-corrected chi connectivity index (χ4v) is 2.09. The first-order valence-electron chi connectivity index (χ1n) is 5.77. The number of aliphatic hydroxyl groups is 1. The molecule has 2 N–H and O–H groups in total. The predicted molar refractivity (Wildman–Crippen MR) is 75.5 cm³/mol. The van der Waals surface area contributed by atoms with Crippen LogP contribution >= 0.6 is 11.3 Å². The Labute approximate surface area is 119 Å². The molecule has 0 aliphatic carbocycles. The molecule has 0 saturated carbocycles. The summed E-state index contributed by atoms with van der Waals surface area (Å²) in [6.07, 6.45) is 0. The van der Waals surface area contributed by atoms with Crippen molar-refractivity contribution < 1.29 is 9.90 Å². The Bertz CT molecular complexity index is 700. The molecule has 0 aromatic carbocycles. The fourth-order valence-electron chi connectivity index (χ4n) is 1.33. The number of hydrogen-bond acceptors (Lipinski definition) is 6. The number of carbonyl (C=O) groups is 1. The number of aryl methyl sites for hydroxylation is 2. The van der Waals surface area contributed by atoms with Crippen molar-refractivity contribution in [1.82, 2.24) is 15.2 Å². The SMILES string of the molecule is Cc1nnc(NC(=O)c2csc(C#CCO)c2)nc1C. The van der Waals surface area contributed by atoms with Crippen LogP contribution in [0, 0.1) is 25.7 Å². The van der Waals surface area contributed by atoms with E-state index >= 15 is 0 Å². The lowest BCUT2D eigenvalue weighted by Crippen LogP contribution is -2.14. The van der Waals surface area contributed by atoms with Gasteiger partial charge in [-0.15, -0.1) is 16.4 Å². The van der Waals surface area contributed by atoms with E-state index in [1.54, 1.807) is 25.3 Å². The van der Waals surface area contributed by atoms with Crippen molar-refractivity contribution in [1.29, 1.82) is 0 Å². The van der Waals surface area contributed by atoms with Gasteiger partial charge in [-0.05, 0) is 19.9 Å². The summed E-state index contributed by atoms with van der Waals surface area (Å²) in [6.45, 7) is 3.39. The minimum Gasteiger partial charge on any atom is -0.384 e. The van der Waals surface area contributed by atoms with Gasteiger partial charge in [0.1, 0.15) is 6.61 Å². The number of aliphatic hydroxyl groups excluding tert-OH is 1. The van der Waals surface area contributed by atoms with Gasteiger partial charge in [0.25, 0.3) is 5.91 Å². The second kappa shape index (κ2) is 6.23. The molecule has 6 nitrogen and oxygen atoms in total. The van der Waals surface area contributed by atoms with E-state index in [0.717, 1.165) is 11.4 Å². The van der Waals surface area contributed by atoms with Gasteiger partial charge in [-0.2, -0.15) is 5.10 Å². The Morgan fingerprint density at radius 3 is 2.90 bits per heavy atom. The summed E-state index contributed by atoms with van der Waals surface area (Å²) in [5.74, 6) is 5.13. The van der Waals surface area contributed by atoms with Crippen molar-refractivity contribution in [3.05, 3.63) is 33.3 Å². The molecular weight excluding hydrogens is 276 g/mol. The van der Waals surface area contributed by atoms with Crippen LogP contribution < -0.4 is 5.32 Å². The molecule has 1 amide bonds. The number of anilines is 1. The molecule has 2 aromatic rings. The van der Waals surface area contributed by atoms with Gasteiger partial charge in [0.15, 0.2) is 0 Å². The maximum atomic E-state index is 12.0. The molecule has 7 heteroatoms. The van der Waals surface area contributed by atoms with Crippen LogP contribution in [0.1, 0.15) is 26.6 Å². The van der Waals surface area contributed by atoms with Gasteiger partial charge in [0, 0.05) is 5.38 Å². The van der Waals surface area contributed by atoms with Gasteiger partial charge in [0.2, 0.25) is 5.95 Å². The van der Waals surface area contributed by atoms with Crippen LogP contribution in [0.5, 0.6) is 0 Å². The van der Waals surface area contributed by atoms with Crippen molar-refractivity contribution in [3.8, 4) is 11.8 Å². The summed E-state index contributed by atoms with van der Waals surface area (Å²) in [7, 11) is 0. The summed E-state index contributed by atoms with van der Waals surface area (Å²) in [5.41, 5.74) is 1.91. The monoisotopic (exact) mass is 288 g/mol. The second-order valence-corrected chi connectivity index (χ2v) is 4.83. The van der Waals surface area contributed by atoms with Crippen LogP contribution in [0.3, 0.4) is 0 Å². The highest BCUT2D eigenvalue weighted by Crippen LogP contribution is 2.14. The number of nitrogens with zero attached hydrogens (tertiary/aromatic N) is 3. The van der Waals surface area contributed by atoms with Crippen molar-refractivity contribution in [2.45, 2.75) is 13.8 Å². The summed E-state index contributed by atoms with van der Waals surface area (Å²) in [6, 6.07) is 1.65. The Balaban J connectivity index is 2.11. The zero-order valence-corrected chi connectivity index (χ0v) is 11.8. The van der Waals surface area contributed by atoms with Crippen molar-refractivity contribution >= 4 is 23.2 Å². The molecular formula is C13H12N4O2S. The molecule has 102 valence electrons. The van der Waals surface area contributed by atoms with E-state index in [1.165, 1.54) is 11.3 Å². The molecule has 0 fully saturated rings. The van der Waals surface area contributed by atoms with E-state index < -0.39 is 0 Å². The number of rotatable bonds is 2. The van der Waals surface area contributed by atoms with E-state index in [-0.39, 0.29) is 18.5 Å². The summed E-state index contributed by atoms with van der Waals surface area (Å²) in [5, 5.41) is 20.6.